The van der Waals surface area contributed by atoms with Crippen molar-refractivity contribution in [3.63, 3.8) is 0 Å². The van der Waals surface area contributed by atoms with Gasteiger partial charge in [0, 0.05) is 12.1 Å². The van der Waals surface area contributed by atoms with Crippen LogP contribution in [0.4, 0.5) is 6.01 Å². The van der Waals surface area contributed by atoms with Gasteiger partial charge in [0.25, 0.3) is 0 Å². The highest BCUT2D eigenvalue weighted by atomic mass is 16.4. The van der Waals surface area contributed by atoms with Gasteiger partial charge in [0.1, 0.15) is 0 Å². The topological polar surface area (TPSA) is 63.0 Å². The Morgan fingerprint density at radius 3 is 2.64 bits per heavy atom. The number of hydrogen-bond acceptors (Lipinski definition) is 5. The summed E-state index contributed by atoms with van der Waals surface area (Å²) in [4.78, 5) is 0. The van der Waals surface area contributed by atoms with Gasteiger partial charge in [0.05, 0.1) is 6.54 Å². The summed E-state index contributed by atoms with van der Waals surface area (Å²) in [6, 6.07) is 1.82. The molecule has 2 saturated carbocycles. The quantitative estimate of drug-likeness (QED) is 0.729. The first-order valence-electron chi connectivity index (χ1n) is 5.22. The van der Waals surface area contributed by atoms with E-state index in [0.717, 1.165) is 0 Å². The maximum Gasteiger partial charge on any atom is 0.315 e. The monoisotopic (exact) mass is 194 g/mol. The first-order chi connectivity index (χ1) is 6.90. The van der Waals surface area contributed by atoms with Gasteiger partial charge in [-0.1, -0.05) is 5.10 Å². The first kappa shape index (κ1) is 8.23. The summed E-state index contributed by atoms with van der Waals surface area (Å²) >= 11 is 0. The van der Waals surface area contributed by atoms with Gasteiger partial charge in [-0.2, -0.15) is 0 Å². The molecule has 0 aliphatic heterocycles. The summed E-state index contributed by atoms with van der Waals surface area (Å²) in [5.74, 6) is 0.681. The predicted octanol–water partition coefficient (Wildman–Crippen LogP) is 0.896. The van der Waals surface area contributed by atoms with E-state index in [1.54, 1.807) is 0 Å². The Hall–Kier alpha value is -1.10. The van der Waals surface area contributed by atoms with Crippen LogP contribution in [0.25, 0.3) is 0 Å². The summed E-state index contributed by atoms with van der Waals surface area (Å²) in [6.45, 7) is 0.698. The molecule has 5 heteroatoms. The van der Waals surface area contributed by atoms with Crippen LogP contribution in [0.15, 0.2) is 4.42 Å². The fraction of sp³-hybridized carbons (Fsp3) is 0.778. The smallest absolute Gasteiger partial charge is 0.315 e. The molecule has 1 heterocycles. The Balaban J connectivity index is 1.52. The molecule has 2 aliphatic rings. The molecule has 0 saturated heterocycles. The number of hydrogen-bond donors (Lipinski definition) is 2. The van der Waals surface area contributed by atoms with Crippen molar-refractivity contribution in [3.05, 3.63) is 5.89 Å². The third-order valence-corrected chi connectivity index (χ3v) is 2.49. The van der Waals surface area contributed by atoms with Gasteiger partial charge in [-0.3, -0.25) is 0 Å². The van der Waals surface area contributed by atoms with Crippen molar-refractivity contribution in [2.24, 2.45) is 0 Å². The van der Waals surface area contributed by atoms with E-state index in [-0.39, 0.29) is 0 Å². The molecule has 5 nitrogen and oxygen atoms in total. The van der Waals surface area contributed by atoms with Crippen molar-refractivity contribution in [2.75, 3.05) is 5.32 Å². The van der Waals surface area contributed by atoms with Gasteiger partial charge in [-0.25, -0.2) is 0 Å². The molecule has 2 N–H and O–H groups in total. The minimum absolute atomic E-state index is 0.569. The number of rotatable bonds is 5. The third-order valence-electron chi connectivity index (χ3n) is 2.49. The zero-order valence-electron chi connectivity index (χ0n) is 7.99. The Bertz CT molecular complexity index is 316. The molecule has 1 aromatic rings. The van der Waals surface area contributed by atoms with E-state index in [9.17, 15) is 0 Å². The highest BCUT2D eigenvalue weighted by Gasteiger charge is 2.24. The molecule has 0 bridgehead atoms. The minimum atomic E-state index is 0.569. The Morgan fingerprint density at radius 2 is 1.93 bits per heavy atom. The lowest BCUT2D eigenvalue weighted by Gasteiger charge is -1.96. The molecular formula is C9H14N4O. The van der Waals surface area contributed by atoms with Crippen molar-refractivity contribution in [3.8, 4) is 0 Å². The minimum Gasteiger partial charge on any atom is -0.407 e. The Labute approximate surface area is 82.3 Å². The van der Waals surface area contributed by atoms with Gasteiger partial charge in [0.2, 0.25) is 5.89 Å². The van der Waals surface area contributed by atoms with E-state index in [0.29, 0.717) is 30.5 Å². The van der Waals surface area contributed by atoms with Gasteiger partial charge >= 0.3 is 6.01 Å². The largest absolute Gasteiger partial charge is 0.407 e. The normalized spacial score (nSPS) is 21.1. The zero-order chi connectivity index (χ0) is 9.38. The van der Waals surface area contributed by atoms with Crippen LogP contribution in [0.3, 0.4) is 0 Å². The average molecular weight is 194 g/mol. The zero-order valence-corrected chi connectivity index (χ0v) is 7.99. The molecule has 0 unspecified atom stereocenters. The van der Waals surface area contributed by atoms with E-state index in [4.69, 9.17) is 4.42 Å². The van der Waals surface area contributed by atoms with Crippen molar-refractivity contribution in [1.29, 1.82) is 0 Å². The first-order valence-corrected chi connectivity index (χ1v) is 5.22. The second kappa shape index (κ2) is 3.24. The van der Waals surface area contributed by atoms with Gasteiger partial charge in [-0.05, 0) is 25.7 Å². The molecule has 2 aliphatic carbocycles. The van der Waals surface area contributed by atoms with Crippen LogP contribution in [0, 0.1) is 0 Å². The maximum atomic E-state index is 5.42. The fourth-order valence-corrected chi connectivity index (χ4v) is 1.30. The number of anilines is 1. The van der Waals surface area contributed by atoms with E-state index >= 15 is 0 Å². The summed E-state index contributed by atoms with van der Waals surface area (Å²) in [7, 11) is 0. The molecule has 0 amide bonds. The van der Waals surface area contributed by atoms with Crippen molar-refractivity contribution in [2.45, 2.75) is 44.3 Å². The molecule has 1 aromatic heterocycles. The van der Waals surface area contributed by atoms with Gasteiger partial charge in [-0.15, -0.1) is 5.10 Å². The molecule has 2 fully saturated rings. The molecule has 0 spiro atoms. The van der Waals surface area contributed by atoms with Crippen LogP contribution in [0.5, 0.6) is 0 Å². The maximum absolute atomic E-state index is 5.42. The molecule has 76 valence electrons. The molecule has 3 rings (SSSR count). The molecule has 14 heavy (non-hydrogen) atoms. The average Bonchev–Trinajstić information content (AvgIpc) is 3.06. The number of nitrogens with one attached hydrogen (secondary N) is 2. The summed E-state index contributed by atoms with van der Waals surface area (Å²) in [5, 5.41) is 14.4. The van der Waals surface area contributed by atoms with E-state index in [1.165, 1.54) is 25.7 Å². The third kappa shape index (κ3) is 2.04. The van der Waals surface area contributed by atoms with Gasteiger partial charge < -0.3 is 15.1 Å². The van der Waals surface area contributed by atoms with Crippen molar-refractivity contribution in [1.82, 2.24) is 15.5 Å². The van der Waals surface area contributed by atoms with Gasteiger partial charge in [0.15, 0.2) is 0 Å². The Morgan fingerprint density at radius 1 is 1.14 bits per heavy atom. The van der Waals surface area contributed by atoms with Crippen molar-refractivity contribution >= 4 is 6.01 Å². The number of nitrogens with zero attached hydrogens (tertiary/aromatic N) is 2. The van der Waals surface area contributed by atoms with E-state index < -0.39 is 0 Å². The van der Waals surface area contributed by atoms with E-state index in [1.807, 2.05) is 0 Å². The van der Waals surface area contributed by atoms with Crippen LogP contribution in [0.2, 0.25) is 0 Å². The van der Waals surface area contributed by atoms with Crippen LogP contribution in [-0.2, 0) is 6.54 Å². The predicted molar refractivity (Wildman–Crippen MR) is 50.8 cm³/mol. The molecular weight excluding hydrogens is 180 g/mol. The van der Waals surface area contributed by atoms with Crippen LogP contribution in [-0.4, -0.2) is 22.3 Å². The molecule has 0 atom stereocenters. The highest BCUT2D eigenvalue weighted by Crippen LogP contribution is 2.24. The standard InChI is InChI=1S/C9H14N4O/c1-2-6(1)10-5-8-12-13-9(14-8)11-7-3-4-7/h6-7,10H,1-5H2,(H,11,13). The van der Waals surface area contributed by atoms with Crippen molar-refractivity contribution < 1.29 is 4.42 Å². The van der Waals surface area contributed by atoms with E-state index in [2.05, 4.69) is 20.8 Å². The lowest BCUT2D eigenvalue weighted by Crippen LogP contribution is -2.15. The summed E-state index contributed by atoms with van der Waals surface area (Å²) in [5.41, 5.74) is 0. The highest BCUT2D eigenvalue weighted by molar-refractivity contribution is 5.22. The summed E-state index contributed by atoms with van der Waals surface area (Å²) in [6.07, 6.45) is 5.00. The Kier molecular flexibility index (Phi) is 1.90. The van der Waals surface area contributed by atoms with Crippen LogP contribution in [0.1, 0.15) is 31.6 Å². The lowest BCUT2D eigenvalue weighted by molar-refractivity contribution is 0.475. The SMILES string of the molecule is C(NC1CC1)c1nnc(NC2CC2)o1. The lowest BCUT2D eigenvalue weighted by atomic mass is 10.6. The van der Waals surface area contributed by atoms with Crippen LogP contribution < -0.4 is 10.6 Å². The fourth-order valence-electron chi connectivity index (χ4n) is 1.30. The second-order valence-corrected chi connectivity index (χ2v) is 4.07. The van der Waals surface area contributed by atoms with Crippen LogP contribution >= 0.6 is 0 Å². The summed E-state index contributed by atoms with van der Waals surface area (Å²) < 4.78 is 5.42. The second-order valence-electron chi connectivity index (χ2n) is 4.07. The molecule has 0 radical (unpaired) electrons. The number of aromatic nitrogens is 2. The molecule has 0 aromatic carbocycles.